The van der Waals surface area contributed by atoms with Crippen LogP contribution in [0.3, 0.4) is 0 Å². The van der Waals surface area contributed by atoms with Crippen LogP contribution in [-0.4, -0.2) is 38.6 Å². The zero-order valence-corrected chi connectivity index (χ0v) is 22.2. The minimum Gasteiger partial charge on any atom is -0.382 e. The molecule has 1 atom stereocenters. The summed E-state index contributed by atoms with van der Waals surface area (Å²) >= 11 is 0. The molecule has 0 N–H and O–H groups in total. The molecule has 0 spiro atoms. The smallest absolute Gasteiger partial charge is 0.0805 e. The number of hydrogen-bond donors (Lipinski definition) is 0. The Hall–Kier alpha value is -0.640. The molecule has 0 aliphatic heterocycles. The number of methoxy groups -OCH3 is 1. The molecule has 0 saturated carbocycles. The second-order valence-corrected chi connectivity index (χ2v) is 9.08. The summed E-state index contributed by atoms with van der Waals surface area (Å²) in [5, 5.41) is 0. The van der Waals surface area contributed by atoms with Crippen molar-refractivity contribution in [3.8, 4) is 0 Å². The van der Waals surface area contributed by atoms with Crippen molar-refractivity contribution in [3.05, 3.63) is 24.3 Å². The molecule has 3 nitrogen and oxygen atoms in total. The van der Waals surface area contributed by atoms with Crippen LogP contribution in [0.4, 0.5) is 0 Å². The molecule has 0 rings (SSSR count). The quantitative estimate of drug-likeness (QED) is 0.148. The van der Waals surface area contributed by atoms with Crippen molar-refractivity contribution in [1.29, 1.82) is 0 Å². The highest BCUT2D eigenvalue weighted by atomic mass is 16.5. The van der Waals surface area contributed by atoms with Crippen LogP contribution < -0.4 is 0 Å². The first-order valence-electron chi connectivity index (χ1n) is 13.0. The molecule has 3 heteroatoms. The lowest BCUT2D eigenvalue weighted by Crippen LogP contribution is -2.27. The summed E-state index contributed by atoms with van der Waals surface area (Å²) in [5.74, 6) is 0. The third-order valence-corrected chi connectivity index (χ3v) is 4.92. The molecule has 0 aromatic rings. The van der Waals surface area contributed by atoms with Crippen LogP contribution in [0.5, 0.6) is 0 Å². The fourth-order valence-corrected chi connectivity index (χ4v) is 3.00. The maximum atomic E-state index is 5.82. The van der Waals surface area contributed by atoms with E-state index in [0.717, 1.165) is 26.1 Å². The molecule has 31 heavy (non-hydrogen) atoms. The minimum atomic E-state index is -0.0743. The van der Waals surface area contributed by atoms with Gasteiger partial charge < -0.3 is 14.2 Å². The second kappa shape index (κ2) is 25.6. The molecule has 0 bridgehead atoms. The SMILES string of the molecule is CCCCC/C=C\C/C=C\CCCCCCCC(COC(C)(C)C)OC.CCOCC. The Labute approximate surface area is 196 Å². The fraction of sp³-hybridized carbons (Fsp3) is 0.857. The lowest BCUT2D eigenvalue weighted by molar-refractivity contribution is -0.0632. The van der Waals surface area contributed by atoms with Gasteiger partial charge in [0.2, 0.25) is 0 Å². The third kappa shape index (κ3) is 31.6. The summed E-state index contributed by atoms with van der Waals surface area (Å²) in [5.41, 5.74) is -0.0743. The molecule has 0 aliphatic rings. The average Bonchev–Trinajstić information content (AvgIpc) is 2.73. The fourth-order valence-electron chi connectivity index (χ4n) is 3.00. The number of allylic oxidation sites excluding steroid dienone is 4. The lowest BCUT2D eigenvalue weighted by Gasteiger charge is -2.23. The molecule has 0 heterocycles. The molecule has 0 saturated heterocycles. The molecule has 0 aromatic heterocycles. The summed E-state index contributed by atoms with van der Waals surface area (Å²) in [7, 11) is 1.80. The van der Waals surface area contributed by atoms with Gasteiger partial charge in [0.25, 0.3) is 0 Å². The lowest BCUT2D eigenvalue weighted by atomic mass is 10.1. The summed E-state index contributed by atoms with van der Waals surface area (Å²) in [4.78, 5) is 0. The van der Waals surface area contributed by atoms with Crippen molar-refractivity contribution in [1.82, 2.24) is 0 Å². The first-order chi connectivity index (χ1) is 14.9. The van der Waals surface area contributed by atoms with Gasteiger partial charge in [0.05, 0.1) is 18.3 Å². The van der Waals surface area contributed by atoms with Gasteiger partial charge in [-0.3, -0.25) is 0 Å². The van der Waals surface area contributed by atoms with E-state index in [4.69, 9.17) is 14.2 Å². The summed E-state index contributed by atoms with van der Waals surface area (Å²) in [6.07, 6.45) is 24.8. The highest BCUT2D eigenvalue weighted by molar-refractivity contribution is 4.92. The Morgan fingerprint density at radius 1 is 0.710 bits per heavy atom. The standard InChI is InChI=1S/C24H46O2.C4H10O/c1-6-7-8-9-10-11-12-13-14-15-16-17-18-19-20-21-23(25-5)22-26-24(2,3)4;1-3-5-4-2/h10-11,13-14,23H,6-9,12,15-22H2,1-5H3;3-4H2,1-2H3/b11-10-,14-13-;. The Morgan fingerprint density at radius 2 is 1.26 bits per heavy atom. The number of hydrogen-bond acceptors (Lipinski definition) is 3. The van der Waals surface area contributed by atoms with E-state index in [9.17, 15) is 0 Å². The van der Waals surface area contributed by atoms with E-state index in [1.54, 1.807) is 7.11 Å². The van der Waals surface area contributed by atoms with E-state index in [-0.39, 0.29) is 11.7 Å². The average molecular weight is 441 g/mol. The van der Waals surface area contributed by atoms with Gasteiger partial charge in [0.1, 0.15) is 0 Å². The van der Waals surface area contributed by atoms with E-state index < -0.39 is 0 Å². The topological polar surface area (TPSA) is 27.7 Å². The zero-order valence-electron chi connectivity index (χ0n) is 22.2. The summed E-state index contributed by atoms with van der Waals surface area (Å²) in [6, 6.07) is 0. The van der Waals surface area contributed by atoms with E-state index >= 15 is 0 Å². The van der Waals surface area contributed by atoms with Gasteiger partial charge in [-0.15, -0.1) is 0 Å². The van der Waals surface area contributed by atoms with Crippen molar-refractivity contribution in [2.24, 2.45) is 0 Å². The van der Waals surface area contributed by atoms with Crippen LogP contribution in [0, 0.1) is 0 Å². The normalized spacial score (nSPS) is 13.0. The van der Waals surface area contributed by atoms with E-state index in [2.05, 4.69) is 52.0 Å². The van der Waals surface area contributed by atoms with Gasteiger partial charge >= 0.3 is 0 Å². The first-order valence-corrected chi connectivity index (χ1v) is 13.0. The largest absolute Gasteiger partial charge is 0.382 e. The molecule has 0 fully saturated rings. The van der Waals surface area contributed by atoms with Gasteiger partial charge in [-0.25, -0.2) is 0 Å². The highest BCUT2D eigenvalue weighted by Crippen LogP contribution is 2.14. The monoisotopic (exact) mass is 440 g/mol. The Kier molecular flexibility index (Phi) is 26.9. The van der Waals surface area contributed by atoms with Crippen LogP contribution in [0.1, 0.15) is 119 Å². The predicted molar refractivity (Wildman–Crippen MR) is 138 cm³/mol. The van der Waals surface area contributed by atoms with E-state index in [0.29, 0.717) is 6.61 Å². The van der Waals surface area contributed by atoms with Gasteiger partial charge in [-0.05, 0) is 73.1 Å². The molecular formula is C28H56O3. The van der Waals surface area contributed by atoms with Gasteiger partial charge in [0, 0.05) is 20.3 Å². The van der Waals surface area contributed by atoms with Gasteiger partial charge in [0.15, 0.2) is 0 Å². The van der Waals surface area contributed by atoms with Crippen LogP contribution >= 0.6 is 0 Å². The van der Waals surface area contributed by atoms with Crippen molar-refractivity contribution < 1.29 is 14.2 Å². The van der Waals surface area contributed by atoms with Crippen molar-refractivity contribution >= 4 is 0 Å². The summed E-state index contributed by atoms with van der Waals surface area (Å²) in [6.45, 7) is 14.9. The van der Waals surface area contributed by atoms with Crippen LogP contribution in [0.25, 0.3) is 0 Å². The van der Waals surface area contributed by atoms with Gasteiger partial charge in [-0.1, -0.05) is 69.8 Å². The van der Waals surface area contributed by atoms with Crippen molar-refractivity contribution in [2.45, 2.75) is 130 Å². The van der Waals surface area contributed by atoms with Crippen molar-refractivity contribution in [2.75, 3.05) is 26.9 Å². The molecule has 0 amide bonds. The number of unbranched alkanes of at least 4 members (excludes halogenated alkanes) is 8. The molecular weight excluding hydrogens is 384 g/mol. The second-order valence-electron chi connectivity index (χ2n) is 9.08. The molecule has 1 unspecified atom stereocenters. The highest BCUT2D eigenvalue weighted by Gasteiger charge is 2.14. The van der Waals surface area contributed by atoms with Gasteiger partial charge in [-0.2, -0.15) is 0 Å². The number of ether oxygens (including phenoxy) is 3. The molecule has 0 aliphatic carbocycles. The van der Waals surface area contributed by atoms with Crippen LogP contribution in [-0.2, 0) is 14.2 Å². The zero-order chi connectivity index (χ0) is 23.6. The summed E-state index contributed by atoms with van der Waals surface area (Å²) < 4.78 is 16.2. The molecule has 0 radical (unpaired) electrons. The van der Waals surface area contributed by atoms with Crippen LogP contribution in [0.15, 0.2) is 24.3 Å². The predicted octanol–water partition coefficient (Wildman–Crippen LogP) is 8.67. The van der Waals surface area contributed by atoms with Crippen molar-refractivity contribution in [3.63, 3.8) is 0 Å². The molecule has 0 aromatic carbocycles. The molecule has 186 valence electrons. The Bertz CT molecular complexity index is 380. The maximum absolute atomic E-state index is 5.82. The Balaban J connectivity index is 0. The third-order valence-electron chi connectivity index (χ3n) is 4.92. The minimum absolute atomic E-state index is 0.0743. The number of rotatable bonds is 19. The van der Waals surface area contributed by atoms with Crippen LogP contribution in [0.2, 0.25) is 0 Å². The Morgan fingerprint density at radius 3 is 1.74 bits per heavy atom. The first kappa shape index (κ1) is 32.5. The maximum Gasteiger partial charge on any atom is 0.0805 e. The van der Waals surface area contributed by atoms with E-state index in [1.807, 2.05) is 13.8 Å². The van der Waals surface area contributed by atoms with E-state index in [1.165, 1.54) is 64.2 Å².